The number of hydrogen-bond acceptors (Lipinski definition) is 4. The lowest BCUT2D eigenvalue weighted by molar-refractivity contribution is -0.122. The van der Waals surface area contributed by atoms with Crippen LogP contribution in [-0.4, -0.2) is 37.8 Å². The maximum Gasteiger partial charge on any atom is 0.252 e. The second-order valence-corrected chi connectivity index (χ2v) is 3.31. The van der Waals surface area contributed by atoms with E-state index in [0.717, 1.165) is 0 Å². The molecule has 0 aromatic heterocycles. The zero-order chi connectivity index (χ0) is 12.0. The number of likely N-dealkylation sites (N-methyl/N-ethyl adjacent to an activating group) is 1. The van der Waals surface area contributed by atoms with E-state index < -0.39 is 0 Å². The highest BCUT2D eigenvalue weighted by molar-refractivity contribution is 5.93. The van der Waals surface area contributed by atoms with Crippen molar-refractivity contribution in [2.75, 3.05) is 31.7 Å². The molecule has 0 saturated carbocycles. The molecule has 0 atom stereocenters. The van der Waals surface area contributed by atoms with Crippen LogP contribution in [-0.2, 0) is 9.53 Å². The third-order valence-corrected chi connectivity index (χ3v) is 2.10. The van der Waals surface area contributed by atoms with Gasteiger partial charge in [0, 0.05) is 19.3 Å². The Balaban J connectivity index is 2.53. The Morgan fingerprint density at radius 1 is 1.44 bits per heavy atom. The first-order valence-corrected chi connectivity index (χ1v) is 4.98. The van der Waals surface area contributed by atoms with Crippen LogP contribution >= 0.6 is 0 Å². The highest BCUT2D eigenvalue weighted by Gasteiger charge is 2.10. The molecule has 0 heterocycles. The highest BCUT2D eigenvalue weighted by atomic mass is 16.5. The number of hydrogen-bond donors (Lipinski definition) is 2. The zero-order valence-corrected chi connectivity index (χ0v) is 9.22. The molecule has 0 aliphatic heterocycles. The number of ether oxygens (including phenoxy) is 1. The van der Waals surface area contributed by atoms with Gasteiger partial charge in [-0.05, 0) is 24.3 Å². The van der Waals surface area contributed by atoms with Crippen LogP contribution in [0.1, 0.15) is 0 Å². The molecule has 1 aromatic carbocycles. The lowest BCUT2D eigenvalue weighted by atomic mass is 10.3. The van der Waals surface area contributed by atoms with E-state index in [2.05, 4.69) is 0 Å². The number of aromatic hydroxyl groups is 1. The van der Waals surface area contributed by atoms with Crippen molar-refractivity contribution >= 4 is 11.6 Å². The molecule has 1 rings (SSSR count). The molecule has 5 nitrogen and oxygen atoms in total. The van der Waals surface area contributed by atoms with Crippen LogP contribution < -0.4 is 10.6 Å². The van der Waals surface area contributed by atoms with Crippen molar-refractivity contribution in [3.05, 3.63) is 24.3 Å². The predicted molar refractivity (Wildman–Crippen MR) is 61.4 cm³/mol. The Morgan fingerprint density at radius 3 is 2.62 bits per heavy atom. The van der Waals surface area contributed by atoms with Gasteiger partial charge in [0.1, 0.15) is 12.4 Å². The molecule has 0 aliphatic carbocycles. The molecule has 0 fully saturated rings. The van der Waals surface area contributed by atoms with Crippen molar-refractivity contribution in [1.29, 1.82) is 0 Å². The summed E-state index contributed by atoms with van der Waals surface area (Å²) in [6.07, 6.45) is 0. The molecule has 0 bridgehead atoms. The van der Waals surface area contributed by atoms with Gasteiger partial charge in [-0.3, -0.25) is 4.79 Å². The van der Waals surface area contributed by atoms with Crippen LogP contribution in [0.2, 0.25) is 0 Å². The second kappa shape index (κ2) is 6.09. The second-order valence-electron chi connectivity index (χ2n) is 3.31. The van der Waals surface area contributed by atoms with E-state index in [-0.39, 0.29) is 18.3 Å². The summed E-state index contributed by atoms with van der Waals surface area (Å²) >= 11 is 0. The van der Waals surface area contributed by atoms with Gasteiger partial charge in [0.2, 0.25) is 0 Å². The number of anilines is 1. The summed E-state index contributed by atoms with van der Waals surface area (Å²) in [6.45, 7) is 0.778. The Morgan fingerprint density at radius 2 is 2.06 bits per heavy atom. The Bertz CT molecular complexity index is 338. The molecular formula is C11H16N2O3. The minimum absolute atomic E-state index is 0.00851. The average molecular weight is 224 g/mol. The molecule has 0 saturated heterocycles. The molecule has 0 spiro atoms. The van der Waals surface area contributed by atoms with Crippen molar-refractivity contribution in [3.8, 4) is 5.75 Å². The molecule has 0 aliphatic rings. The first-order valence-electron chi connectivity index (χ1n) is 4.98. The van der Waals surface area contributed by atoms with Crippen molar-refractivity contribution in [2.24, 2.45) is 5.73 Å². The van der Waals surface area contributed by atoms with E-state index in [4.69, 9.17) is 15.6 Å². The van der Waals surface area contributed by atoms with Gasteiger partial charge in [0.15, 0.2) is 0 Å². The van der Waals surface area contributed by atoms with E-state index in [9.17, 15) is 4.79 Å². The quantitative estimate of drug-likeness (QED) is 0.707. The Kier molecular flexibility index (Phi) is 4.75. The fourth-order valence-electron chi connectivity index (χ4n) is 1.16. The monoisotopic (exact) mass is 224 g/mol. The Labute approximate surface area is 94.4 Å². The third kappa shape index (κ3) is 3.52. The van der Waals surface area contributed by atoms with Gasteiger partial charge in [0.05, 0.1) is 6.61 Å². The molecule has 16 heavy (non-hydrogen) atoms. The van der Waals surface area contributed by atoms with Crippen LogP contribution in [0.3, 0.4) is 0 Å². The molecule has 0 radical (unpaired) electrons. The van der Waals surface area contributed by atoms with Gasteiger partial charge in [-0.25, -0.2) is 0 Å². The predicted octanol–water partition coefficient (Wildman–Crippen LogP) is 0.330. The summed E-state index contributed by atoms with van der Waals surface area (Å²) in [5.74, 6) is 0.0168. The summed E-state index contributed by atoms with van der Waals surface area (Å²) in [7, 11) is 1.65. The number of phenolic OH excluding ortho intramolecular Hbond substituents is 1. The van der Waals surface area contributed by atoms with Gasteiger partial charge in [-0.2, -0.15) is 0 Å². The van der Waals surface area contributed by atoms with E-state index >= 15 is 0 Å². The number of carbonyl (C=O) groups excluding carboxylic acids is 1. The van der Waals surface area contributed by atoms with E-state index in [1.165, 1.54) is 17.0 Å². The molecule has 1 aromatic rings. The Hall–Kier alpha value is -1.59. The van der Waals surface area contributed by atoms with Gasteiger partial charge in [-0.15, -0.1) is 0 Å². The SMILES string of the molecule is CN(C(=O)COCCN)c1ccc(O)cc1. The smallest absolute Gasteiger partial charge is 0.252 e. The van der Waals surface area contributed by atoms with E-state index in [0.29, 0.717) is 18.8 Å². The molecule has 88 valence electrons. The van der Waals surface area contributed by atoms with Crippen molar-refractivity contribution in [1.82, 2.24) is 0 Å². The molecule has 3 N–H and O–H groups in total. The van der Waals surface area contributed by atoms with Crippen molar-refractivity contribution < 1.29 is 14.6 Å². The number of benzene rings is 1. The number of amides is 1. The van der Waals surface area contributed by atoms with Crippen LogP contribution in [0, 0.1) is 0 Å². The summed E-state index contributed by atoms with van der Waals surface area (Å²) in [5, 5.41) is 9.11. The first kappa shape index (κ1) is 12.5. The van der Waals surface area contributed by atoms with Gasteiger partial charge in [-0.1, -0.05) is 0 Å². The highest BCUT2D eigenvalue weighted by Crippen LogP contribution is 2.17. The number of phenols is 1. The minimum atomic E-state index is -0.154. The fourth-order valence-corrected chi connectivity index (χ4v) is 1.16. The van der Waals surface area contributed by atoms with Crippen LogP contribution in [0.5, 0.6) is 5.75 Å². The third-order valence-electron chi connectivity index (χ3n) is 2.10. The summed E-state index contributed by atoms with van der Waals surface area (Å²) < 4.78 is 5.05. The molecule has 5 heteroatoms. The topological polar surface area (TPSA) is 75.8 Å². The van der Waals surface area contributed by atoms with E-state index in [1.807, 2.05) is 0 Å². The largest absolute Gasteiger partial charge is 0.508 e. The number of nitrogens with two attached hydrogens (primary N) is 1. The van der Waals surface area contributed by atoms with Crippen molar-refractivity contribution in [3.63, 3.8) is 0 Å². The number of nitrogens with zero attached hydrogens (tertiary/aromatic N) is 1. The van der Waals surface area contributed by atoms with Gasteiger partial charge in [0.25, 0.3) is 5.91 Å². The molecule has 0 unspecified atom stereocenters. The van der Waals surface area contributed by atoms with Crippen LogP contribution in [0.15, 0.2) is 24.3 Å². The normalized spacial score (nSPS) is 10.1. The maximum atomic E-state index is 11.6. The maximum absolute atomic E-state index is 11.6. The lowest BCUT2D eigenvalue weighted by Gasteiger charge is -2.17. The first-order chi connectivity index (χ1) is 7.65. The minimum Gasteiger partial charge on any atom is -0.508 e. The van der Waals surface area contributed by atoms with E-state index in [1.54, 1.807) is 19.2 Å². The summed E-state index contributed by atoms with van der Waals surface area (Å²) in [4.78, 5) is 13.1. The van der Waals surface area contributed by atoms with Gasteiger partial charge < -0.3 is 20.5 Å². The number of rotatable bonds is 5. The van der Waals surface area contributed by atoms with Gasteiger partial charge >= 0.3 is 0 Å². The standard InChI is InChI=1S/C11H16N2O3/c1-13(11(15)8-16-7-6-12)9-2-4-10(14)5-3-9/h2-5,14H,6-8,12H2,1H3. The lowest BCUT2D eigenvalue weighted by Crippen LogP contribution is -2.30. The summed E-state index contributed by atoms with van der Waals surface area (Å²) in [6, 6.07) is 6.38. The number of carbonyl (C=O) groups is 1. The fraction of sp³-hybridized carbons (Fsp3) is 0.364. The summed E-state index contributed by atoms with van der Waals surface area (Å²) in [5.41, 5.74) is 5.95. The molecule has 1 amide bonds. The molecular weight excluding hydrogens is 208 g/mol. The van der Waals surface area contributed by atoms with Crippen LogP contribution in [0.25, 0.3) is 0 Å². The van der Waals surface area contributed by atoms with Crippen molar-refractivity contribution in [2.45, 2.75) is 0 Å². The zero-order valence-electron chi connectivity index (χ0n) is 9.22. The average Bonchev–Trinajstić information content (AvgIpc) is 2.29. The van der Waals surface area contributed by atoms with Crippen LogP contribution in [0.4, 0.5) is 5.69 Å².